The Bertz CT molecular complexity index is 1490. The summed E-state index contributed by atoms with van der Waals surface area (Å²) in [6.45, 7) is 1.64. The summed E-state index contributed by atoms with van der Waals surface area (Å²) in [5, 5.41) is 0. The van der Waals surface area contributed by atoms with Gasteiger partial charge in [-0.15, -0.1) is 0 Å². The third kappa shape index (κ3) is 4.93. The normalized spacial score (nSPS) is 11.6. The van der Waals surface area contributed by atoms with E-state index in [-0.39, 0.29) is 18.0 Å². The second kappa shape index (κ2) is 9.26. The molecule has 0 spiro atoms. The molecule has 34 heavy (non-hydrogen) atoms. The molecule has 11 heteroatoms. The van der Waals surface area contributed by atoms with Crippen LogP contribution in [0.1, 0.15) is 29.3 Å². The van der Waals surface area contributed by atoms with Gasteiger partial charge in [0, 0.05) is 18.2 Å². The maximum Gasteiger partial charge on any atom is 0.232 e. The van der Waals surface area contributed by atoms with E-state index >= 15 is 0 Å². The van der Waals surface area contributed by atoms with Gasteiger partial charge in [0.25, 0.3) is 0 Å². The van der Waals surface area contributed by atoms with E-state index in [4.69, 9.17) is 0 Å². The Balaban J connectivity index is 1.60. The van der Waals surface area contributed by atoms with Gasteiger partial charge in [-0.2, -0.15) is 0 Å². The summed E-state index contributed by atoms with van der Waals surface area (Å²) < 4.78 is 68.4. The van der Waals surface area contributed by atoms with E-state index in [1.165, 1.54) is 18.3 Å². The van der Waals surface area contributed by atoms with Crippen LogP contribution in [0.15, 0.2) is 48.7 Å². The number of anilines is 1. The molecule has 0 amide bonds. The lowest BCUT2D eigenvalue weighted by atomic mass is 10.0. The first-order chi connectivity index (χ1) is 16.2. The number of nitrogens with zero attached hydrogens (tertiary/aromatic N) is 2. The molecule has 176 valence electrons. The Kier molecular flexibility index (Phi) is 6.38. The molecule has 2 aromatic heterocycles. The van der Waals surface area contributed by atoms with Crippen LogP contribution in [0, 0.1) is 17.5 Å². The van der Waals surface area contributed by atoms with Gasteiger partial charge in [-0.25, -0.2) is 31.6 Å². The van der Waals surface area contributed by atoms with Gasteiger partial charge >= 0.3 is 0 Å². The molecule has 0 bridgehead atoms. The minimum Gasteiger partial charge on any atom is -0.337 e. The molecule has 0 saturated heterocycles. The fourth-order valence-electron chi connectivity index (χ4n) is 3.43. The predicted octanol–water partition coefficient (Wildman–Crippen LogP) is 4.62. The van der Waals surface area contributed by atoms with Crippen LogP contribution in [-0.2, 0) is 16.4 Å². The maximum absolute atomic E-state index is 14.9. The van der Waals surface area contributed by atoms with Gasteiger partial charge in [0.15, 0.2) is 17.2 Å². The Labute approximate surface area is 193 Å². The van der Waals surface area contributed by atoms with Crippen molar-refractivity contribution in [3.63, 3.8) is 0 Å². The average molecular weight is 488 g/mol. The van der Waals surface area contributed by atoms with Crippen molar-refractivity contribution < 1.29 is 26.4 Å². The van der Waals surface area contributed by atoms with E-state index in [0.29, 0.717) is 34.5 Å². The lowest BCUT2D eigenvalue weighted by molar-refractivity contribution is 0.0985. The fraction of sp³-hybridized carbons (Fsp3) is 0.174. The number of nitrogens with one attached hydrogen (secondary N) is 2. The van der Waals surface area contributed by atoms with E-state index < -0.39 is 38.7 Å². The summed E-state index contributed by atoms with van der Waals surface area (Å²) in [5.74, 6) is -3.46. The van der Waals surface area contributed by atoms with Crippen LogP contribution < -0.4 is 4.72 Å². The molecular weight excluding hydrogens is 469 g/mol. The van der Waals surface area contributed by atoms with Crippen molar-refractivity contribution >= 4 is 32.7 Å². The first-order valence-corrected chi connectivity index (χ1v) is 11.9. The summed E-state index contributed by atoms with van der Waals surface area (Å²) in [4.78, 5) is 24.3. The Hall–Kier alpha value is -3.73. The van der Waals surface area contributed by atoms with Crippen molar-refractivity contribution in [2.75, 3.05) is 10.5 Å². The van der Waals surface area contributed by atoms with Crippen LogP contribution in [0.5, 0.6) is 0 Å². The van der Waals surface area contributed by atoms with Crippen molar-refractivity contribution in [3.05, 3.63) is 77.2 Å². The fourth-order valence-corrected chi connectivity index (χ4v) is 4.56. The average Bonchev–Trinajstić information content (AvgIpc) is 3.19. The molecule has 7 nitrogen and oxygen atoms in total. The molecule has 0 aliphatic rings. The summed E-state index contributed by atoms with van der Waals surface area (Å²) >= 11 is 0. The maximum atomic E-state index is 14.9. The number of aromatic nitrogens is 3. The Morgan fingerprint density at radius 3 is 2.53 bits per heavy atom. The number of aromatic amines is 1. The first kappa shape index (κ1) is 23.4. The predicted molar refractivity (Wildman–Crippen MR) is 121 cm³/mol. The Morgan fingerprint density at radius 2 is 1.82 bits per heavy atom. The molecule has 2 heterocycles. The number of hydrogen-bond donors (Lipinski definition) is 2. The molecule has 4 aromatic rings. The SMILES string of the molecule is CCCS(=O)(=O)Nc1ccc(F)c(C(=O)Cc2cnc3nc(-c4ccc(F)cc4)[nH]c3c2)c1F. The number of fused-ring (bicyclic) bond motifs is 1. The summed E-state index contributed by atoms with van der Waals surface area (Å²) in [7, 11) is -3.83. The summed E-state index contributed by atoms with van der Waals surface area (Å²) in [6, 6.07) is 9.02. The standard InChI is InChI=1S/C23H19F3N4O3S/c1-2-9-34(32,33)30-17-8-7-16(25)20(21(17)26)19(31)11-13-10-18-23(27-12-13)29-22(28-18)14-3-5-15(24)6-4-14/h3-8,10,12,30H,2,9,11H2,1H3,(H,27,28,29). The number of sulfonamides is 1. The van der Waals surface area contributed by atoms with Crippen molar-refractivity contribution in [1.82, 2.24) is 15.0 Å². The second-order valence-electron chi connectivity index (χ2n) is 7.61. The monoisotopic (exact) mass is 488 g/mol. The van der Waals surface area contributed by atoms with Gasteiger partial charge in [-0.05, 0) is 54.4 Å². The van der Waals surface area contributed by atoms with Gasteiger partial charge < -0.3 is 4.98 Å². The number of halogens is 3. The van der Waals surface area contributed by atoms with Gasteiger partial charge in [0.2, 0.25) is 10.0 Å². The topological polar surface area (TPSA) is 105 Å². The molecule has 0 fully saturated rings. The third-order valence-corrected chi connectivity index (χ3v) is 6.46. The smallest absolute Gasteiger partial charge is 0.232 e. The van der Waals surface area contributed by atoms with E-state index in [2.05, 4.69) is 15.0 Å². The number of H-pyrrole nitrogens is 1. The first-order valence-electron chi connectivity index (χ1n) is 10.3. The zero-order valence-electron chi connectivity index (χ0n) is 17.9. The molecule has 0 unspecified atom stereocenters. The van der Waals surface area contributed by atoms with Gasteiger partial charge in [-0.1, -0.05) is 6.92 Å². The van der Waals surface area contributed by atoms with Crippen LogP contribution >= 0.6 is 0 Å². The van der Waals surface area contributed by atoms with Crippen LogP contribution in [0.2, 0.25) is 0 Å². The van der Waals surface area contributed by atoms with E-state index in [0.717, 1.165) is 12.1 Å². The number of pyridine rings is 1. The molecule has 0 aliphatic heterocycles. The molecular formula is C23H19F3N4O3S. The van der Waals surface area contributed by atoms with Crippen molar-refractivity contribution in [2.24, 2.45) is 0 Å². The largest absolute Gasteiger partial charge is 0.337 e. The molecule has 2 aromatic carbocycles. The van der Waals surface area contributed by atoms with E-state index in [9.17, 15) is 26.4 Å². The molecule has 0 aliphatic carbocycles. The Morgan fingerprint density at radius 1 is 1.09 bits per heavy atom. The van der Waals surface area contributed by atoms with Gasteiger partial charge in [0.05, 0.1) is 22.5 Å². The number of carbonyl (C=O) groups is 1. The number of hydrogen-bond acceptors (Lipinski definition) is 5. The number of rotatable bonds is 8. The third-order valence-electron chi connectivity index (χ3n) is 4.98. The number of ketones is 1. The molecule has 2 N–H and O–H groups in total. The second-order valence-corrected chi connectivity index (χ2v) is 9.45. The number of Topliss-reactive ketones (excluding diaryl/α,β-unsaturated/α-hetero) is 1. The minimum atomic E-state index is -3.83. The van der Waals surface area contributed by atoms with Crippen molar-refractivity contribution in [3.8, 4) is 11.4 Å². The molecule has 0 atom stereocenters. The quantitative estimate of drug-likeness (QED) is 0.352. The zero-order valence-corrected chi connectivity index (χ0v) is 18.7. The highest BCUT2D eigenvalue weighted by Crippen LogP contribution is 2.25. The van der Waals surface area contributed by atoms with Crippen molar-refractivity contribution in [2.45, 2.75) is 19.8 Å². The number of imidazole rings is 1. The van der Waals surface area contributed by atoms with E-state index in [1.807, 2.05) is 4.72 Å². The van der Waals surface area contributed by atoms with Gasteiger partial charge in [-0.3, -0.25) is 9.52 Å². The van der Waals surface area contributed by atoms with Crippen LogP contribution in [-0.4, -0.2) is 34.9 Å². The molecule has 0 saturated carbocycles. The summed E-state index contributed by atoms with van der Waals surface area (Å²) in [5.41, 5.74) is 0.482. The number of carbonyl (C=O) groups excluding carboxylic acids is 1. The molecule has 4 rings (SSSR count). The number of benzene rings is 2. The lowest BCUT2D eigenvalue weighted by Gasteiger charge is -2.11. The highest BCUT2D eigenvalue weighted by Gasteiger charge is 2.23. The molecule has 0 radical (unpaired) electrons. The highest BCUT2D eigenvalue weighted by atomic mass is 32.2. The van der Waals surface area contributed by atoms with Crippen LogP contribution in [0.25, 0.3) is 22.6 Å². The summed E-state index contributed by atoms with van der Waals surface area (Å²) in [6.07, 6.45) is 1.28. The van der Waals surface area contributed by atoms with Crippen molar-refractivity contribution in [1.29, 1.82) is 0 Å². The van der Waals surface area contributed by atoms with Gasteiger partial charge in [0.1, 0.15) is 17.5 Å². The highest BCUT2D eigenvalue weighted by molar-refractivity contribution is 7.92. The van der Waals surface area contributed by atoms with E-state index in [1.54, 1.807) is 25.1 Å². The van der Waals surface area contributed by atoms with Crippen LogP contribution in [0.4, 0.5) is 18.9 Å². The zero-order chi connectivity index (χ0) is 24.5. The minimum absolute atomic E-state index is 0.247. The van der Waals surface area contributed by atoms with Crippen LogP contribution in [0.3, 0.4) is 0 Å². The lowest BCUT2D eigenvalue weighted by Crippen LogP contribution is -2.19.